The molecule has 1 aliphatic rings. The summed E-state index contributed by atoms with van der Waals surface area (Å²) in [5.41, 5.74) is 6.31. The lowest BCUT2D eigenvalue weighted by Gasteiger charge is -2.26. The molecule has 21 heavy (non-hydrogen) atoms. The third-order valence-electron chi connectivity index (χ3n) is 4.27. The summed E-state index contributed by atoms with van der Waals surface area (Å²) >= 11 is 0. The standard InChI is InChI=1S/C15H20FN5/c1-10-3-2-4-11(7-10)9-21-15(18-19-20-21)12-5-6-14(17)13(16)8-12/h5-6,8,10-11H,2-4,7,9,17H2,1H3. The third-order valence-corrected chi connectivity index (χ3v) is 4.27. The van der Waals surface area contributed by atoms with Crippen molar-refractivity contribution >= 4 is 5.69 Å². The number of aromatic nitrogens is 4. The van der Waals surface area contributed by atoms with Crippen LogP contribution in [0.15, 0.2) is 18.2 Å². The van der Waals surface area contributed by atoms with Crippen LogP contribution in [0.25, 0.3) is 11.4 Å². The van der Waals surface area contributed by atoms with Crippen LogP contribution in [-0.2, 0) is 6.54 Å². The largest absolute Gasteiger partial charge is 0.396 e. The number of anilines is 1. The van der Waals surface area contributed by atoms with Crippen molar-refractivity contribution in [2.24, 2.45) is 11.8 Å². The molecular weight excluding hydrogens is 269 g/mol. The molecule has 1 aromatic heterocycles. The SMILES string of the molecule is CC1CCCC(Cn2nnnc2-c2ccc(N)c(F)c2)C1. The number of hydrogen-bond acceptors (Lipinski definition) is 4. The summed E-state index contributed by atoms with van der Waals surface area (Å²) in [7, 11) is 0. The summed E-state index contributed by atoms with van der Waals surface area (Å²) in [6, 6.07) is 4.69. The quantitative estimate of drug-likeness (QED) is 0.882. The van der Waals surface area contributed by atoms with Crippen molar-refractivity contribution in [1.82, 2.24) is 20.2 Å². The van der Waals surface area contributed by atoms with Crippen molar-refractivity contribution in [2.45, 2.75) is 39.2 Å². The number of nitrogens with two attached hydrogens (primary N) is 1. The fraction of sp³-hybridized carbons (Fsp3) is 0.533. The van der Waals surface area contributed by atoms with Gasteiger partial charge in [-0.2, -0.15) is 0 Å². The average Bonchev–Trinajstić information content (AvgIpc) is 2.90. The molecule has 0 amide bonds. The summed E-state index contributed by atoms with van der Waals surface area (Å²) in [6.45, 7) is 3.08. The van der Waals surface area contributed by atoms with E-state index in [1.165, 1.54) is 31.7 Å². The highest BCUT2D eigenvalue weighted by Gasteiger charge is 2.21. The minimum Gasteiger partial charge on any atom is -0.396 e. The van der Waals surface area contributed by atoms with E-state index in [0.29, 0.717) is 17.3 Å². The molecule has 0 saturated heterocycles. The van der Waals surface area contributed by atoms with Crippen LogP contribution < -0.4 is 5.73 Å². The first-order chi connectivity index (χ1) is 10.1. The van der Waals surface area contributed by atoms with Crippen molar-refractivity contribution in [2.75, 3.05) is 5.73 Å². The first-order valence-electron chi connectivity index (χ1n) is 7.45. The Morgan fingerprint density at radius 1 is 1.38 bits per heavy atom. The van der Waals surface area contributed by atoms with E-state index in [-0.39, 0.29) is 5.69 Å². The van der Waals surface area contributed by atoms with Gasteiger partial charge in [-0.25, -0.2) is 9.07 Å². The first-order valence-corrected chi connectivity index (χ1v) is 7.45. The van der Waals surface area contributed by atoms with Crippen LogP contribution in [0, 0.1) is 17.7 Å². The van der Waals surface area contributed by atoms with Crippen molar-refractivity contribution in [3.05, 3.63) is 24.0 Å². The van der Waals surface area contributed by atoms with Crippen LogP contribution in [0.3, 0.4) is 0 Å². The van der Waals surface area contributed by atoms with E-state index in [0.717, 1.165) is 12.5 Å². The molecule has 1 aromatic carbocycles. The predicted molar refractivity (Wildman–Crippen MR) is 78.7 cm³/mol. The second-order valence-electron chi connectivity index (χ2n) is 6.06. The highest BCUT2D eigenvalue weighted by Crippen LogP contribution is 2.30. The van der Waals surface area contributed by atoms with Gasteiger partial charge in [0.05, 0.1) is 5.69 Å². The van der Waals surface area contributed by atoms with Crippen LogP contribution in [0.4, 0.5) is 10.1 Å². The molecule has 1 saturated carbocycles. The monoisotopic (exact) mass is 289 g/mol. The molecular formula is C15H20FN5. The fourth-order valence-corrected chi connectivity index (χ4v) is 3.17. The molecule has 1 heterocycles. The second kappa shape index (κ2) is 5.79. The van der Waals surface area contributed by atoms with Crippen LogP contribution in [0.2, 0.25) is 0 Å². The molecule has 0 radical (unpaired) electrons. The first kappa shape index (κ1) is 14.0. The van der Waals surface area contributed by atoms with Gasteiger partial charge in [0.15, 0.2) is 5.82 Å². The van der Waals surface area contributed by atoms with E-state index in [1.807, 2.05) is 0 Å². The Bertz CT molecular complexity index is 624. The zero-order valence-electron chi connectivity index (χ0n) is 12.2. The minimum absolute atomic E-state index is 0.138. The summed E-state index contributed by atoms with van der Waals surface area (Å²) in [4.78, 5) is 0. The van der Waals surface area contributed by atoms with Gasteiger partial charge >= 0.3 is 0 Å². The van der Waals surface area contributed by atoms with Crippen LogP contribution in [0.5, 0.6) is 0 Å². The summed E-state index contributed by atoms with van der Waals surface area (Å²) in [5.74, 6) is 1.52. The highest BCUT2D eigenvalue weighted by molar-refractivity contribution is 5.59. The molecule has 6 heteroatoms. The van der Waals surface area contributed by atoms with Crippen LogP contribution in [-0.4, -0.2) is 20.2 Å². The molecule has 3 rings (SSSR count). The zero-order chi connectivity index (χ0) is 14.8. The van der Waals surface area contributed by atoms with Crippen molar-refractivity contribution in [3.8, 4) is 11.4 Å². The maximum atomic E-state index is 13.6. The number of rotatable bonds is 3. The lowest BCUT2D eigenvalue weighted by molar-refractivity contribution is 0.249. The molecule has 112 valence electrons. The van der Waals surface area contributed by atoms with Gasteiger partial charge in [-0.05, 0) is 53.3 Å². The Morgan fingerprint density at radius 2 is 2.24 bits per heavy atom. The van der Waals surface area contributed by atoms with Gasteiger partial charge in [-0.15, -0.1) is 5.10 Å². The van der Waals surface area contributed by atoms with Crippen LogP contribution >= 0.6 is 0 Å². The van der Waals surface area contributed by atoms with Gasteiger partial charge in [0.25, 0.3) is 0 Å². The van der Waals surface area contributed by atoms with E-state index in [9.17, 15) is 4.39 Å². The molecule has 0 spiro atoms. The lowest BCUT2D eigenvalue weighted by atomic mass is 9.82. The number of nitrogen functional groups attached to an aromatic ring is 1. The molecule has 2 atom stereocenters. The van der Waals surface area contributed by atoms with E-state index in [1.54, 1.807) is 16.8 Å². The molecule has 0 bridgehead atoms. The zero-order valence-corrected chi connectivity index (χ0v) is 12.2. The van der Waals surface area contributed by atoms with Crippen molar-refractivity contribution in [1.29, 1.82) is 0 Å². The van der Waals surface area contributed by atoms with Gasteiger partial charge < -0.3 is 5.73 Å². The van der Waals surface area contributed by atoms with E-state index >= 15 is 0 Å². The second-order valence-corrected chi connectivity index (χ2v) is 6.06. The summed E-state index contributed by atoms with van der Waals surface area (Å²) in [5, 5.41) is 11.8. The smallest absolute Gasteiger partial charge is 0.182 e. The van der Waals surface area contributed by atoms with E-state index < -0.39 is 5.82 Å². The lowest BCUT2D eigenvalue weighted by Crippen LogP contribution is -2.19. The average molecular weight is 289 g/mol. The van der Waals surface area contributed by atoms with Crippen LogP contribution in [0.1, 0.15) is 32.6 Å². The normalized spacial score (nSPS) is 22.4. The molecule has 5 nitrogen and oxygen atoms in total. The third kappa shape index (κ3) is 3.04. The van der Waals surface area contributed by atoms with E-state index in [4.69, 9.17) is 5.73 Å². The Kier molecular flexibility index (Phi) is 3.86. The molecule has 2 unspecified atom stereocenters. The molecule has 0 aliphatic heterocycles. The van der Waals surface area contributed by atoms with Gasteiger partial charge in [-0.1, -0.05) is 19.8 Å². The number of tetrazole rings is 1. The minimum atomic E-state index is -0.437. The number of nitrogens with zero attached hydrogens (tertiary/aromatic N) is 4. The van der Waals surface area contributed by atoms with Gasteiger partial charge in [0.1, 0.15) is 5.82 Å². The summed E-state index contributed by atoms with van der Waals surface area (Å²) in [6.07, 6.45) is 4.98. The van der Waals surface area contributed by atoms with Gasteiger partial charge in [0.2, 0.25) is 0 Å². The Hall–Kier alpha value is -1.98. The molecule has 1 aliphatic carbocycles. The van der Waals surface area contributed by atoms with Gasteiger partial charge in [0, 0.05) is 12.1 Å². The van der Waals surface area contributed by atoms with E-state index in [2.05, 4.69) is 22.4 Å². The molecule has 2 N–H and O–H groups in total. The van der Waals surface area contributed by atoms with Crippen molar-refractivity contribution < 1.29 is 4.39 Å². The summed E-state index contributed by atoms with van der Waals surface area (Å²) < 4.78 is 15.4. The highest BCUT2D eigenvalue weighted by atomic mass is 19.1. The Labute approximate surface area is 123 Å². The number of benzene rings is 1. The number of hydrogen-bond donors (Lipinski definition) is 1. The predicted octanol–water partition coefficient (Wildman–Crippen LogP) is 2.89. The van der Waals surface area contributed by atoms with Crippen molar-refractivity contribution in [3.63, 3.8) is 0 Å². The fourth-order valence-electron chi connectivity index (χ4n) is 3.17. The number of halogens is 1. The maximum absolute atomic E-state index is 13.6. The molecule has 2 aromatic rings. The maximum Gasteiger partial charge on any atom is 0.182 e. The Morgan fingerprint density at radius 3 is 3.00 bits per heavy atom. The Balaban J connectivity index is 1.81. The van der Waals surface area contributed by atoms with Gasteiger partial charge in [-0.3, -0.25) is 0 Å². The topological polar surface area (TPSA) is 69.6 Å². The molecule has 1 fully saturated rings.